The van der Waals surface area contributed by atoms with E-state index in [1.54, 1.807) is 23.5 Å². The van der Waals surface area contributed by atoms with Gasteiger partial charge in [-0.3, -0.25) is 4.79 Å². The molecule has 5 heteroatoms. The van der Waals surface area contributed by atoms with Crippen molar-refractivity contribution in [1.29, 1.82) is 0 Å². The molecule has 0 spiro atoms. The zero-order valence-corrected chi connectivity index (χ0v) is 12.9. The molecule has 1 aromatic carbocycles. The van der Waals surface area contributed by atoms with E-state index in [-0.39, 0.29) is 5.56 Å². The molecule has 0 aliphatic rings. The third kappa shape index (κ3) is 2.89. The topological polar surface area (TPSA) is 34.9 Å². The van der Waals surface area contributed by atoms with E-state index in [0.717, 1.165) is 20.6 Å². The molecule has 0 saturated heterocycles. The van der Waals surface area contributed by atoms with Crippen molar-refractivity contribution >= 4 is 27.3 Å². The molecule has 2 aromatic heterocycles. The summed E-state index contributed by atoms with van der Waals surface area (Å²) in [6, 6.07) is 15.2. The molecule has 0 amide bonds. The van der Waals surface area contributed by atoms with E-state index in [0.29, 0.717) is 6.54 Å². The van der Waals surface area contributed by atoms with Gasteiger partial charge in [-0.05, 0) is 35.2 Å². The molecule has 0 atom stereocenters. The van der Waals surface area contributed by atoms with Crippen LogP contribution in [0.25, 0.3) is 10.6 Å². The summed E-state index contributed by atoms with van der Waals surface area (Å²) in [6.07, 6.45) is 0. The Balaban J connectivity index is 1.95. The van der Waals surface area contributed by atoms with E-state index in [4.69, 9.17) is 0 Å². The van der Waals surface area contributed by atoms with Gasteiger partial charge in [-0.1, -0.05) is 34.1 Å². The molecule has 0 unspecified atom stereocenters. The summed E-state index contributed by atoms with van der Waals surface area (Å²) >= 11 is 5.02. The van der Waals surface area contributed by atoms with E-state index in [1.165, 1.54) is 4.68 Å². The van der Waals surface area contributed by atoms with Gasteiger partial charge in [-0.15, -0.1) is 11.3 Å². The first-order valence-electron chi connectivity index (χ1n) is 6.09. The van der Waals surface area contributed by atoms with Crippen LogP contribution in [0.15, 0.2) is 63.2 Å². The Morgan fingerprint density at radius 2 is 1.90 bits per heavy atom. The summed E-state index contributed by atoms with van der Waals surface area (Å²) in [6.45, 7) is 0.478. The predicted octanol–water partition coefficient (Wildman–Crippen LogP) is 3.78. The summed E-state index contributed by atoms with van der Waals surface area (Å²) in [4.78, 5) is 13.0. The summed E-state index contributed by atoms with van der Waals surface area (Å²) < 4.78 is 2.52. The second kappa shape index (κ2) is 5.73. The number of aromatic nitrogens is 2. The van der Waals surface area contributed by atoms with E-state index < -0.39 is 0 Å². The van der Waals surface area contributed by atoms with Crippen LogP contribution in [0.1, 0.15) is 5.56 Å². The van der Waals surface area contributed by atoms with Crippen molar-refractivity contribution < 1.29 is 0 Å². The average molecular weight is 347 g/mol. The van der Waals surface area contributed by atoms with Crippen molar-refractivity contribution in [3.8, 4) is 10.6 Å². The largest absolute Gasteiger partial charge is 0.268 e. The van der Waals surface area contributed by atoms with Gasteiger partial charge in [-0.2, -0.15) is 5.10 Å². The summed E-state index contributed by atoms with van der Waals surface area (Å²) in [5.41, 5.74) is 1.79. The Bertz CT molecular complexity index is 763. The first kappa shape index (κ1) is 13.3. The minimum Gasteiger partial charge on any atom is -0.268 e. The first-order valence-corrected chi connectivity index (χ1v) is 7.76. The van der Waals surface area contributed by atoms with Crippen molar-refractivity contribution in [2.24, 2.45) is 0 Å². The maximum Gasteiger partial charge on any atom is 0.267 e. The number of nitrogens with zero attached hydrogens (tertiary/aromatic N) is 2. The maximum absolute atomic E-state index is 11.9. The van der Waals surface area contributed by atoms with Crippen LogP contribution in [0.2, 0.25) is 0 Å². The number of thiophene rings is 1. The molecule has 0 aliphatic carbocycles. The number of halogens is 1. The molecule has 3 nitrogen and oxygen atoms in total. The SMILES string of the molecule is O=c1ccc(-c2cccs2)nn1Cc1ccc(Br)cc1. The Morgan fingerprint density at radius 1 is 1.10 bits per heavy atom. The van der Waals surface area contributed by atoms with Gasteiger partial charge < -0.3 is 0 Å². The second-order valence-electron chi connectivity index (χ2n) is 4.32. The van der Waals surface area contributed by atoms with Crippen LogP contribution in [-0.2, 0) is 6.54 Å². The van der Waals surface area contributed by atoms with Crippen LogP contribution in [0.3, 0.4) is 0 Å². The van der Waals surface area contributed by atoms with Gasteiger partial charge in [0, 0.05) is 10.5 Å². The van der Waals surface area contributed by atoms with Crippen molar-refractivity contribution in [1.82, 2.24) is 9.78 Å². The quantitative estimate of drug-likeness (QED) is 0.723. The van der Waals surface area contributed by atoms with Gasteiger partial charge in [-0.25, -0.2) is 4.68 Å². The minimum absolute atomic E-state index is 0.0896. The van der Waals surface area contributed by atoms with Crippen LogP contribution in [0.4, 0.5) is 0 Å². The summed E-state index contributed by atoms with van der Waals surface area (Å²) in [7, 11) is 0. The molecule has 0 aliphatic heterocycles. The third-order valence-corrected chi connectivity index (χ3v) is 4.31. The fourth-order valence-electron chi connectivity index (χ4n) is 1.88. The van der Waals surface area contributed by atoms with Crippen LogP contribution < -0.4 is 5.56 Å². The molecule has 0 radical (unpaired) electrons. The van der Waals surface area contributed by atoms with Crippen molar-refractivity contribution in [3.05, 3.63) is 74.3 Å². The van der Waals surface area contributed by atoms with E-state index >= 15 is 0 Å². The smallest absolute Gasteiger partial charge is 0.267 e. The van der Waals surface area contributed by atoms with Gasteiger partial charge in [0.2, 0.25) is 0 Å². The highest BCUT2D eigenvalue weighted by Gasteiger charge is 2.05. The molecule has 20 heavy (non-hydrogen) atoms. The molecule has 3 rings (SSSR count). The van der Waals surface area contributed by atoms with Gasteiger partial charge in [0.15, 0.2) is 0 Å². The molecule has 0 saturated carbocycles. The lowest BCUT2D eigenvalue weighted by atomic mass is 10.2. The predicted molar refractivity (Wildman–Crippen MR) is 85.1 cm³/mol. The molecule has 0 fully saturated rings. The lowest BCUT2D eigenvalue weighted by molar-refractivity contribution is 0.643. The van der Waals surface area contributed by atoms with Crippen molar-refractivity contribution in [2.45, 2.75) is 6.54 Å². The molecule has 3 aromatic rings. The highest BCUT2D eigenvalue weighted by molar-refractivity contribution is 9.10. The Labute approximate surface area is 128 Å². The fourth-order valence-corrected chi connectivity index (χ4v) is 2.84. The number of hydrogen-bond acceptors (Lipinski definition) is 3. The zero-order chi connectivity index (χ0) is 13.9. The number of benzene rings is 1. The monoisotopic (exact) mass is 346 g/mol. The fraction of sp³-hybridized carbons (Fsp3) is 0.0667. The summed E-state index contributed by atoms with van der Waals surface area (Å²) in [5.74, 6) is 0. The molecule has 2 heterocycles. The van der Waals surface area contributed by atoms with Crippen LogP contribution >= 0.6 is 27.3 Å². The van der Waals surface area contributed by atoms with Crippen LogP contribution in [-0.4, -0.2) is 9.78 Å². The van der Waals surface area contributed by atoms with E-state index in [1.807, 2.05) is 41.8 Å². The van der Waals surface area contributed by atoms with Crippen molar-refractivity contribution in [3.63, 3.8) is 0 Å². The average Bonchev–Trinajstić information content (AvgIpc) is 2.98. The molecule has 100 valence electrons. The Kier molecular flexibility index (Phi) is 3.80. The van der Waals surface area contributed by atoms with Crippen LogP contribution in [0.5, 0.6) is 0 Å². The molecular weight excluding hydrogens is 336 g/mol. The third-order valence-electron chi connectivity index (χ3n) is 2.89. The van der Waals surface area contributed by atoms with Crippen LogP contribution in [0, 0.1) is 0 Å². The van der Waals surface area contributed by atoms with Crippen molar-refractivity contribution in [2.75, 3.05) is 0 Å². The lowest BCUT2D eigenvalue weighted by Gasteiger charge is -2.06. The number of hydrogen-bond donors (Lipinski definition) is 0. The zero-order valence-electron chi connectivity index (χ0n) is 10.5. The second-order valence-corrected chi connectivity index (χ2v) is 6.18. The van der Waals surface area contributed by atoms with E-state index in [2.05, 4.69) is 21.0 Å². The first-order chi connectivity index (χ1) is 9.72. The number of rotatable bonds is 3. The molecule has 0 N–H and O–H groups in total. The molecule has 0 bridgehead atoms. The normalized spacial score (nSPS) is 10.7. The van der Waals surface area contributed by atoms with Gasteiger partial charge in [0.1, 0.15) is 5.69 Å². The summed E-state index contributed by atoms with van der Waals surface area (Å²) in [5, 5.41) is 6.44. The lowest BCUT2D eigenvalue weighted by Crippen LogP contribution is -2.22. The van der Waals surface area contributed by atoms with Gasteiger partial charge in [0.25, 0.3) is 5.56 Å². The highest BCUT2D eigenvalue weighted by Crippen LogP contribution is 2.21. The Morgan fingerprint density at radius 3 is 2.60 bits per heavy atom. The minimum atomic E-state index is -0.0896. The standard InChI is InChI=1S/C15H11BrN2OS/c16-12-5-3-11(4-6-12)10-18-15(19)8-7-13(17-18)14-2-1-9-20-14/h1-9H,10H2. The highest BCUT2D eigenvalue weighted by atomic mass is 79.9. The van der Waals surface area contributed by atoms with Gasteiger partial charge in [0.05, 0.1) is 11.4 Å². The molecular formula is C15H11BrN2OS. The maximum atomic E-state index is 11.9. The van der Waals surface area contributed by atoms with E-state index in [9.17, 15) is 4.79 Å². The Hall–Kier alpha value is -1.72. The van der Waals surface area contributed by atoms with Gasteiger partial charge >= 0.3 is 0 Å².